The summed E-state index contributed by atoms with van der Waals surface area (Å²) in [5.41, 5.74) is 0. The summed E-state index contributed by atoms with van der Waals surface area (Å²) in [5.74, 6) is 1.36. The fourth-order valence-corrected chi connectivity index (χ4v) is 2.61. The maximum atomic E-state index is 12.2. The van der Waals surface area contributed by atoms with Crippen LogP contribution in [0.3, 0.4) is 0 Å². The maximum absolute atomic E-state index is 12.2. The molecule has 112 valence electrons. The second-order valence-electron chi connectivity index (χ2n) is 5.00. The van der Waals surface area contributed by atoms with Crippen molar-refractivity contribution in [2.24, 2.45) is 5.92 Å². The zero-order valence-corrected chi connectivity index (χ0v) is 12.8. The lowest BCUT2D eigenvalue weighted by atomic mass is 10.2. The number of sulfonamides is 1. The van der Waals surface area contributed by atoms with E-state index in [0.29, 0.717) is 18.3 Å². The van der Waals surface area contributed by atoms with E-state index in [-0.39, 0.29) is 10.7 Å². The largest absolute Gasteiger partial charge is 0.493 e. The summed E-state index contributed by atoms with van der Waals surface area (Å²) in [6.07, 6.45) is 1.53. The first-order valence-electron chi connectivity index (χ1n) is 6.64. The molecule has 0 aliphatic rings. The van der Waals surface area contributed by atoms with Gasteiger partial charge in [0.05, 0.1) is 11.5 Å². The lowest BCUT2D eigenvalue weighted by molar-refractivity contribution is 0.271. The van der Waals surface area contributed by atoms with Gasteiger partial charge in [-0.3, -0.25) is 4.72 Å². The first kappa shape index (κ1) is 15.3. The molecule has 0 aliphatic carbocycles. The van der Waals surface area contributed by atoms with Gasteiger partial charge in [-0.25, -0.2) is 13.4 Å². The second kappa shape index (κ2) is 6.58. The highest BCUT2D eigenvalue weighted by Gasteiger charge is 2.14. The Labute approximate surface area is 125 Å². The molecular weight excluding hydrogens is 288 g/mol. The molecule has 6 heteroatoms. The van der Waals surface area contributed by atoms with Gasteiger partial charge in [-0.15, -0.1) is 0 Å². The molecule has 0 radical (unpaired) electrons. The molecule has 0 saturated carbocycles. The number of benzene rings is 1. The Morgan fingerprint density at radius 2 is 1.86 bits per heavy atom. The Hall–Kier alpha value is -2.08. The minimum absolute atomic E-state index is 0.171. The molecule has 0 atom stereocenters. The summed E-state index contributed by atoms with van der Waals surface area (Å²) in [4.78, 5) is 4.11. The summed E-state index contributed by atoms with van der Waals surface area (Å²) in [6, 6.07) is 11.4. The van der Waals surface area contributed by atoms with E-state index in [2.05, 4.69) is 23.6 Å². The smallest absolute Gasteiger partial charge is 0.263 e. The monoisotopic (exact) mass is 306 g/mol. The van der Waals surface area contributed by atoms with Crippen molar-refractivity contribution >= 4 is 15.8 Å². The Kier molecular flexibility index (Phi) is 4.80. The van der Waals surface area contributed by atoms with Gasteiger partial charge in [-0.1, -0.05) is 19.9 Å². The van der Waals surface area contributed by atoms with Crippen LogP contribution < -0.4 is 9.46 Å². The van der Waals surface area contributed by atoms with Gasteiger partial charge in [0.2, 0.25) is 0 Å². The van der Waals surface area contributed by atoms with E-state index in [1.807, 2.05) is 0 Å². The quantitative estimate of drug-likeness (QED) is 0.891. The molecule has 21 heavy (non-hydrogen) atoms. The SMILES string of the molecule is CC(C)COc1ccc(S(=O)(=O)Nc2ccccn2)cc1. The van der Waals surface area contributed by atoms with Crippen molar-refractivity contribution in [3.05, 3.63) is 48.7 Å². The van der Waals surface area contributed by atoms with Crippen molar-refractivity contribution in [3.63, 3.8) is 0 Å². The molecule has 2 rings (SSSR count). The predicted molar refractivity (Wildman–Crippen MR) is 81.8 cm³/mol. The summed E-state index contributed by atoms with van der Waals surface area (Å²) >= 11 is 0. The third-order valence-electron chi connectivity index (χ3n) is 2.62. The molecule has 1 heterocycles. The fourth-order valence-electron chi connectivity index (χ4n) is 1.60. The molecule has 5 nitrogen and oxygen atoms in total. The van der Waals surface area contributed by atoms with Crippen LogP contribution >= 0.6 is 0 Å². The highest BCUT2D eigenvalue weighted by atomic mass is 32.2. The van der Waals surface area contributed by atoms with Crippen LogP contribution in [0.2, 0.25) is 0 Å². The third kappa shape index (κ3) is 4.46. The molecule has 0 saturated heterocycles. The molecular formula is C15H18N2O3S. The molecule has 0 aliphatic heterocycles. The van der Waals surface area contributed by atoms with Gasteiger partial charge in [0.1, 0.15) is 11.6 Å². The minimum atomic E-state index is -3.63. The van der Waals surface area contributed by atoms with E-state index in [1.54, 1.807) is 30.3 Å². The van der Waals surface area contributed by atoms with Crippen molar-refractivity contribution in [2.75, 3.05) is 11.3 Å². The van der Waals surface area contributed by atoms with Gasteiger partial charge in [-0.05, 0) is 42.3 Å². The predicted octanol–water partition coefficient (Wildman–Crippen LogP) is 2.92. The van der Waals surface area contributed by atoms with Crippen molar-refractivity contribution in [3.8, 4) is 5.75 Å². The van der Waals surface area contributed by atoms with Gasteiger partial charge in [0.15, 0.2) is 0 Å². The Bertz CT molecular complexity index is 668. The lowest BCUT2D eigenvalue weighted by Gasteiger charge is -2.10. The van der Waals surface area contributed by atoms with Gasteiger partial charge in [-0.2, -0.15) is 0 Å². The molecule has 2 aromatic rings. The number of rotatable bonds is 6. The van der Waals surface area contributed by atoms with Gasteiger partial charge in [0.25, 0.3) is 10.0 Å². The fraction of sp³-hybridized carbons (Fsp3) is 0.267. The van der Waals surface area contributed by atoms with E-state index >= 15 is 0 Å². The van der Waals surface area contributed by atoms with Crippen LogP contribution in [-0.4, -0.2) is 20.0 Å². The number of hydrogen-bond acceptors (Lipinski definition) is 4. The van der Waals surface area contributed by atoms with Crippen LogP contribution in [0.15, 0.2) is 53.6 Å². The van der Waals surface area contributed by atoms with Crippen LogP contribution in [-0.2, 0) is 10.0 Å². The second-order valence-corrected chi connectivity index (χ2v) is 6.68. The number of hydrogen-bond donors (Lipinski definition) is 1. The Balaban J connectivity index is 2.10. The Morgan fingerprint density at radius 1 is 1.14 bits per heavy atom. The van der Waals surface area contributed by atoms with Crippen molar-refractivity contribution < 1.29 is 13.2 Å². The highest BCUT2D eigenvalue weighted by Crippen LogP contribution is 2.18. The minimum Gasteiger partial charge on any atom is -0.493 e. The van der Waals surface area contributed by atoms with Gasteiger partial charge >= 0.3 is 0 Å². The summed E-state index contributed by atoms with van der Waals surface area (Å²) in [5, 5.41) is 0. The van der Waals surface area contributed by atoms with Crippen molar-refractivity contribution in [2.45, 2.75) is 18.7 Å². The average molecular weight is 306 g/mol. The number of nitrogens with zero attached hydrogens (tertiary/aromatic N) is 1. The zero-order chi connectivity index (χ0) is 15.3. The van der Waals surface area contributed by atoms with Crippen LogP contribution in [0.25, 0.3) is 0 Å². The van der Waals surface area contributed by atoms with Crippen LogP contribution in [0.4, 0.5) is 5.82 Å². The van der Waals surface area contributed by atoms with Crippen LogP contribution in [0.5, 0.6) is 5.75 Å². The van der Waals surface area contributed by atoms with Gasteiger partial charge in [0, 0.05) is 6.20 Å². The zero-order valence-electron chi connectivity index (χ0n) is 12.0. The molecule has 0 bridgehead atoms. The summed E-state index contributed by atoms with van der Waals surface area (Å²) in [6.45, 7) is 4.70. The van der Waals surface area contributed by atoms with E-state index in [4.69, 9.17) is 4.74 Å². The van der Waals surface area contributed by atoms with Crippen LogP contribution in [0.1, 0.15) is 13.8 Å². The van der Waals surface area contributed by atoms with Crippen molar-refractivity contribution in [1.82, 2.24) is 4.98 Å². The number of pyridine rings is 1. The number of aromatic nitrogens is 1. The first-order valence-corrected chi connectivity index (χ1v) is 8.12. The third-order valence-corrected chi connectivity index (χ3v) is 3.99. The average Bonchev–Trinajstić information content (AvgIpc) is 2.46. The Morgan fingerprint density at radius 3 is 2.43 bits per heavy atom. The van der Waals surface area contributed by atoms with Gasteiger partial charge < -0.3 is 4.74 Å². The molecule has 0 unspecified atom stereocenters. The molecule has 1 aromatic heterocycles. The summed E-state index contributed by atoms with van der Waals surface area (Å²) in [7, 11) is -3.63. The normalized spacial score (nSPS) is 11.4. The van der Waals surface area contributed by atoms with E-state index in [0.717, 1.165) is 0 Å². The molecule has 0 spiro atoms. The number of anilines is 1. The highest BCUT2D eigenvalue weighted by molar-refractivity contribution is 7.92. The molecule has 1 aromatic carbocycles. The summed E-state index contributed by atoms with van der Waals surface area (Å²) < 4.78 is 32.3. The van der Waals surface area contributed by atoms with Crippen molar-refractivity contribution in [1.29, 1.82) is 0 Å². The van der Waals surface area contributed by atoms with E-state index in [1.165, 1.54) is 18.3 Å². The maximum Gasteiger partial charge on any atom is 0.263 e. The molecule has 0 amide bonds. The standard InChI is InChI=1S/C15H18N2O3S/c1-12(2)11-20-13-6-8-14(9-7-13)21(18,19)17-15-5-3-4-10-16-15/h3-10,12H,11H2,1-2H3,(H,16,17). The lowest BCUT2D eigenvalue weighted by Crippen LogP contribution is -2.13. The molecule has 1 N–H and O–H groups in total. The van der Waals surface area contributed by atoms with Crippen LogP contribution in [0, 0.1) is 5.92 Å². The van der Waals surface area contributed by atoms with E-state index in [9.17, 15) is 8.42 Å². The molecule has 0 fully saturated rings. The topological polar surface area (TPSA) is 68.3 Å². The number of nitrogens with one attached hydrogen (secondary N) is 1. The van der Waals surface area contributed by atoms with E-state index < -0.39 is 10.0 Å². The first-order chi connectivity index (χ1) is 9.97. The number of ether oxygens (including phenoxy) is 1.